The highest BCUT2D eigenvalue weighted by molar-refractivity contribution is 7.94. The van der Waals surface area contributed by atoms with Gasteiger partial charge in [0.05, 0.1) is 21.7 Å². The fraction of sp³-hybridized carbons (Fsp3) is 0.0500. The van der Waals surface area contributed by atoms with Crippen molar-refractivity contribution in [3.63, 3.8) is 0 Å². The number of para-hydroxylation sites is 1. The van der Waals surface area contributed by atoms with Crippen LogP contribution in [0.25, 0.3) is 16.8 Å². The summed E-state index contributed by atoms with van der Waals surface area (Å²) in [7, 11) is -3.75. The highest BCUT2D eigenvalue weighted by Gasteiger charge is 2.27. The molecule has 0 spiro atoms. The van der Waals surface area contributed by atoms with Crippen molar-refractivity contribution in [1.82, 2.24) is 4.98 Å². The van der Waals surface area contributed by atoms with Gasteiger partial charge in [0, 0.05) is 11.3 Å². The maximum atomic E-state index is 12.6. The predicted octanol–water partition coefficient (Wildman–Crippen LogP) is 3.25. The summed E-state index contributed by atoms with van der Waals surface area (Å²) in [5.74, 6) is -0.268. The number of fused-ring (bicyclic) bond motifs is 1. The number of hydrogen-bond acceptors (Lipinski definition) is 5. The molecule has 2 aromatic carbocycles. The Bertz CT molecular complexity index is 1240. The molecule has 3 aromatic rings. The minimum atomic E-state index is -3.75. The number of anilines is 1. The molecule has 0 radical (unpaired) electrons. The molecule has 3 N–H and O–H groups in total. The van der Waals surface area contributed by atoms with Crippen molar-refractivity contribution >= 4 is 21.2 Å². The fourth-order valence-electron chi connectivity index (χ4n) is 3.25. The number of nitrogens with one attached hydrogen (secondary N) is 2. The minimum absolute atomic E-state index is 0.0321. The van der Waals surface area contributed by atoms with E-state index < -0.39 is 15.4 Å². The highest BCUT2D eigenvalue weighted by Crippen LogP contribution is 2.38. The lowest BCUT2D eigenvalue weighted by Crippen LogP contribution is -2.21. The molecule has 1 aliphatic heterocycles. The first-order valence-electron chi connectivity index (χ1n) is 8.23. The second-order valence-corrected chi connectivity index (χ2v) is 8.01. The molecular formula is C20H16N2O4S. The number of aromatic hydroxyl groups is 1. The zero-order valence-corrected chi connectivity index (χ0v) is 15.2. The standard InChI is InChI=1S/C20H16N2O4S/c1-12-17(13-7-3-2-4-8-13)19(23)18(20(24)21-12)15-11-27(25,26)16-10-6-5-9-14(16)22-15/h2-11,22H,1H3,(H2,21,23,24). The highest BCUT2D eigenvalue weighted by atomic mass is 32.2. The number of rotatable bonds is 2. The maximum Gasteiger partial charge on any atom is 0.261 e. The molecule has 4 rings (SSSR count). The Morgan fingerprint density at radius 1 is 0.926 bits per heavy atom. The van der Waals surface area contributed by atoms with E-state index in [0.29, 0.717) is 22.5 Å². The van der Waals surface area contributed by atoms with Gasteiger partial charge in [-0.1, -0.05) is 42.5 Å². The lowest BCUT2D eigenvalue weighted by atomic mass is 10.00. The third-order valence-corrected chi connectivity index (χ3v) is 5.96. The van der Waals surface area contributed by atoms with Crippen LogP contribution in [-0.4, -0.2) is 18.5 Å². The summed E-state index contributed by atoms with van der Waals surface area (Å²) < 4.78 is 25.2. The van der Waals surface area contributed by atoms with E-state index in [0.717, 1.165) is 5.41 Å². The van der Waals surface area contributed by atoms with Crippen LogP contribution in [0.5, 0.6) is 5.75 Å². The van der Waals surface area contributed by atoms with Crippen LogP contribution < -0.4 is 10.9 Å². The average molecular weight is 380 g/mol. The number of aromatic amines is 1. The predicted molar refractivity (Wildman–Crippen MR) is 104 cm³/mol. The van der Waals surface area contributed by atoms with Crippen molar-refractivity contribution in [2.24, 2.45) is 0 Å². The molecule has 0 bridgehead atoms. The van der Waals surface area contributed by atoms with Crippen LogP contribution in [0.3, 0.4) is 0 Å². The number of aromatic nitrogens is 1. The van der Waals surface area contributed by atoms with E-state index in [4.69, 9.17) is 0 Å². The molecule has 0 fully saturated rings. The van der Waals surface area contributed by atoms with Gasteiger partial charge in [0.1, 0.15) is 11.3 Å². The summed E-state index contributed by atoms with van der Waals surface area (Å²) in [6, 6.07) is 15.5. The van der Waals surface area contributed by atoms with Crippen LogP contribution in [0.4, 0.5) is 5.69 Å². The Morgan fingerprint density at radius 3 is 2.33 bits per heavy atom. The topological polar surface area (TPSA) is 99.3 Å². The lowest BCUT2D eigenvalue weighted by molar-refractivity contribution is 0.473. The van der Waals surface area contributed by atoms with Gasteiger partial charge in [0.15, 0.2) is 0 Å². The minimum Gasteiger partial charge on any atom is -0.506 e. The Morgan fingerprint density at radius 2 is 1.59 bits per heavy atom. The molecule has 136 valence electrons. The molecule has 0 aliphatic carbocycles. The summed E-state index contributed by atoms with van der Waals surface area (Å²) in [5, 5.41) is 14.8. The second-order valence-electron chi connectivity index (χ2n) is 6.24. The largest absolute Gasteiger partial charge is 0.506 e. The molecule has 1 aromatic heterocycles. The summed E-state index contributed by atoms with van der Waals surface area (Å²) >= 11 is 0. The number of benzene rings is 2. The number of H-pyrrole nitrogens is 1. The van der Waals surface area contributed by atoms with Crippen LogP contribution in [0.2, 0.25) is 0 Å². The van der Waals surface area contributed by atoms with Crippen molar-refractivity contribution in [1.29, 1.82) is 0 Å². The Hall–Kier alpha value is -3.32. The van der Waals surface area contributed by atoms with Crippen molar-refractivity contribution in [2.75, 3.05) is 5.32 Å². The van der Waals surface area contributed by atoms with Gasteiger partial charge < -0.3 is 15.4 Å². The Kier molecular flexibility index (Phi) is 3.89. The average Bonchev–Trinajstić information content (AvgIpc) is 2.62. The van der Waals surface area contributed by atoms with Gasteiger partial charge in [0.2, 0.25) is 9.84 Å². The van der Waals surface area contributed by atoms with Gasteiger partial charge in [-0.05, 0) is 24.6 Å². The zero-order valence-electron chi connectivity index (χ0n) is 14.4. The number of aryl methyl sites for hydroxylation is 1. The third kappa shape index (κ3) is 2.82. The van der Waals surface area contributed by atoms with Crippen molar-refractivity contribution in [3.05, 3.63) is 81.6 Å². The molecule has 1 aliphatic rings. The van der Waals surface area contributed by atoms with E-state index in [1.165, 1.54) is 6.07 Å². The second kappa shape index (κ2) is 6.14. The summed E-state index contributed by atoms with van der Waals surface area (Å²) in [6.45, 7) is 1.68. The quantitative estimate of drug-likeness (QED) is 0.634. The lowest BCUT2D eigenvalue weighted by Gasteiger charge is -2.21. The number of hydrogen-bond donors (Lipinski definition) is 3. The van der Waals surface area contributed by atoms with Crippen molar-refractivity contribution in [2.45, 2.75) is 11.8 Å². The normalized spacial score (nSPS) is 14.8. The van der Waals surface area contributed by atoms with Crippen molar-refractivity contribution < 1.29 is 13.5 Å². The molecular weight excluding hydrogens is 364 g/mol. The van der Waals surface area contributed by atoms with Gasteiger partial charge in [-0.3, -0.25) is 4.79 Å². The van der Waals surface area contributed by atoms with E-state index in [2.05, 4.69) is 10.3 Å². The Labute approximate surface area is 155 Å². The first kappa shape index (κ1) is 17.1. The molecule has 0 unspecified atom stereocenters. The summed E-state index contributed by atoms with van der Waals surface area (Å²) in [4.78, 5) is 15.4. The van der Waals surface area contributed by atoms with Gasteiger partial charge in [-0.15, -0.1) is 0 Å². The number of sulfone groups is 1. The Balaban J connectivity index is 1.97. The van der Waals surface area contributed by atoms with E-state index >= 15 is 0 Å². The van der Waals surface area contributed by atoms with Crippen LogP contribution in [0.1, 0.15) is 11.3 Å². The summed E-state index contributed by atoms with van der Waals surface area (Å²) in [5.41, 5.74) is 1.36. The van der Waals surface area contributed by atoms with Crippen LogP contribution in [0, 0.1) is 6.92 Å². The summed E-state index contributed by atoms with van der Waals surface area (Å²) in [6.07, 6.45) is 0. The smallest absolute Gasteiger partial charge is 0.261 e. The third-order valence-electron chi connectivity index (χ3n) is 4.44. The van der Waals surface area contributed by atoms with Crippen LogP contribution in [0.15, 0.2) is 69.7 Å². The molecule has 7 heteroatoms. The molecule has 0 saturated heterocycles. The molecule has 0 atom stereocenters. The molecule has 27 heavy (non-hydrogen) atoms. The van der Waals surface area contributed by atoms with E-state index in [1.807, 2.05) is 18.2 Å². The monoisotopic (exact) mass is 380 g/mol. The van der Waals surface area contributed by atoms with E-state index in [9.17, 15) is 18.3 Å². The molecule has 0 saturated carbocycles. The van der Waals surface area contributed by atoms with E-state index in [1.54, 1.807) is 37.3 Å². The van der Waals surface area contributed by atoms with Gasteiger partial charge in [-0.2, -0.15) is 0 Å². The maximum absolute atomic E-state index is 12.6. The SMILES string of the molecule is Cc1[nH]c(=O)c(C2=CS(=O)(=O)c3ccccc3N2)c(O)c1-c1ccccc1. The van der Waals surface area contributed by atoms with Gasteiger partial charge >= 0.3 is 0 Å². The van der Waals surface area contributed by atoms with Crippen LogP contribution >= 0.6 is 0 Å². The molecule has 0 amide bonds. The molecule has 6 nitrogen and oxygen atoms in total. The first-order chi connectivity index (χ1) is 12.9. The zero-order chi connectivity index (χ0) is 19.2. The van der Waals surface area contributed by atoms with Crippen LogP contribution in [-0.2, 0) is 9.84 Å². The van der Waals surface area contributed by atoms with Gasteiger partial charge in [0.25, 0.3) is 5.56 Å². The molecule has 2 heterocycles. The van der Waals surface area contributed by atoms with Crippen molar-refractivity contribution in [3.8, 4) is 16.9 Å². The fourth-order valence-corrected chi connectivity index (χ4v) is 4.55. The number of pyridine rings is 1. The van der Waals surface area contributed by atoms with Gasteiger partial charge in [-0.25, -0.2) is 8.42 Å². The first-order valence-corrected chi connectivity index (χ1v) is 9.77. The van der Waals surface area contributed by atoms with E-state index in [-0.39, 0.29) is 21.9 Å².